The Morgan fingerprint density at radius 1 is 1.46 bits per heavy atom. The van der Waals surface area contributed by atoms with Crippen LogP contribution in [0.5, 0.6) is 0 Å². The highest BCUT2D eigenvalue weighted by Crippen LogP contribution is 2.48. The third-order valence-corrected chi connectivity index (χ3v) is 2.59. The number of ether oxygens (including phenoxy) is 1. The van der Waals surface area contributed by atoms with E-state index >= 15 is 0 Å². The van der Waals surface area contributed by atoms with Crippen molar-refractivity contribution in [1.82, 2.24) is 5.32 Å². The zero-order valence-corrected chi connectivity index (χ0v) is 7.98. The minimum absolute atomic E-state index is 0.186. The average molecular weight is 193 g/mol. The fourth-order valence-electron chi connectivity index (χ4n) is 1.46. The molecule has 0 amide bonds. The number of nitrogens with one attached hydrogen (secondary N) is 1. The Morgan fingerprint density at radius 2 is 2.15 bits per heavy atom. The molecule has 0 aromatic rings. The Bertz CT molecular complexity index is 149. The van der Waals surface area contributed by atoms with Crippen LogP contribution in [0.3, 0.4) is 0 Å². The average Bonchev–Trinajstić information content (AvgIpc) is 2.82. The largest absolute Gasteiger partial charge is 0.385 e. The first-order valence-electron chi connectivity index (χ1n) is 4.66. The van der Waals surface area contributed by atoms with Gasteiger partial charge < -0.3 is 10.1 Å². The molecule has 1 aliphatic rings. The molecule has 0 bridgehead atoms. The van der Waals surface area contributed by atoms with E-state index in [0.29, 0.717) is 6.54 Å². The first-order valence-corrected chi connectivity index (χ1v) is 4.66. The summed E-state index contributed by atoms with van der Waals surface area (Å²) >= 11 is 0. The number of hydrogen-bond acceptors (Lipinski definition) is 2. The second-order valence-electron chi connectivity index (χ2n) is 3.76. The van der Waals surface area contributed by atoms with Gasteiger partial charge in [-0.05, 0) is 24.7 Å². The van der Waals surface area contributed by atoms with Crippen molar-refractivity contribution in [3.05, 3.63) is 0 Å². The number of hydrogen-bond donors (Lipinski definition) is 1. The van der Waals surface area contributed by atoms with Gasteiger partial charge in [0.25, 0.3) is 6.43 Å². The summed E-state index contributed by atoms with van der Waals surface area (Å²) in [4.78, 5) is 0. The van der Waals surface area contributed by atoms with Gasteiger partial charge in [-0.1, -0.05) is 0 Å². The molecule has 78 valence electrons. The Labute approximate surface area is 77.6 Å². The maximum atomic E-state index is 11.8. The van der Waals surface area contributed by atoms with Crippen LogP contribution in [-0.2, 0) is 4.74 Å². The van der Waals surface area contributed by atoms with Gasteiger partial charge in [0.1, 0.15) is 0 Å². The Kier molecular flexibility index (Phi) is 4.06. The van der Waals surface area contributed by atoms with E-state index in [1.54, 1.807) is 7.11 Å². The lowest BCUT2D eigenvalue weighted by Crippen LogP contribution is -2.29. The SMILES string of the molecule is COCCC1(CNCC(F)F)CC1. The predicted molar refractivity (Wildman–Crippen MR) is 47.0 cm³/mol. The van der Waals surface area contributed by atoms with Crippen molar-refractivity contribution in [2.24, 2.45) is 5.41 Å². The fraction of sp³-hybridized carbons (Fsp3) is 1.00. The Morgan fingerprint density at radius 3 is 2.62 bits per heavy atom. The molecule has 1 rings (SSSR count). The third-order valence-electron chi connectivity index (χ3n) is 2.59. The second-order valence-corrected chi connectivity index (χ2v) is 3.76. The van der Waals surface area contributed by atoms with Crippen LogP contribution >= 0.6 is 0 Å². The van der Waals surface area contributed by atoms with E-state index in [1.165, 1.54) is 0 Å². The summed E-state index contributed by atoms with van der Waals surface area (Å²) in [7, 11) is 1.67. The molecule has 0 aromatic heterocycles. The van der Waals surface area contributed by atoms with E-state index in [2.05, 4.69) is 5.32 Å². The molecule has 1 N–H and O–H groups in total. The number of methoxy groups -OCH3 is 1. The molecule has 1 fully saturated rings. The van der Waals surface area contributed by atoms with Gasteiger partial charge in [-0.25, -0.2) is 8.78 Å². The van der Waals surface area contributed by atoms with Gasteiger partial charge in [0.2, 0.25) is 0 Å². The number of rotatable bonds is 7. The highest BCUT2D eigenvalue weighted by molar-refractivity contribution is 4.94. The molecule has 1 saturated carbocycles. The van der Waals surface area contributed by atoms with E-state index in [0.717, 1.165) is 25.9 Å². The molecule has 2 nitrogen and oxygen atoms in total. The monoisotopic (exact) mass is 193 g/mol. The van der Waals surface area contributed by atoms with E-state index < -0.39 is 6.43 Å². The minimum Gasteiger partial charge on any atom is -0.385 e. The van der Waals surface area contributed by atoms with E-state index in [9.17, 15) is 8.78 Å². The summed E-state index contributed by atoms with van der Waals surface area (Å²) < 4.78 is 28.6. The standard InChI is InChI=1S/C9H17F2NO/c1-13-5-4-9(2-3-9)7-12-6-8(10)11/h8,12H,2-7H2,1H3. The Hall–Kier alpha value is -0.220. The summed E-state index contributed by atoms with van der Waals surface area (Å²) in [6.45, 7) is 1.26. The van der Waals surface area contributed by atoms with Crippen LogP contribution in [0.2, 0.25) is 0 Å². The molecular weight excluding hydrogens is 176 g/mol. The van der Waals surface area contributed by atoms with Gasteiger partial charge in [-0.3, -0.25) is 0 Å². The van der Waals surface area contributed by atoms with Crippen LogP contribution in [0.1, 0.15) is 19.3 Å². The van der Waals surface area contributed by atoms with Crippen LogP contribution < -0.4 is 5.32 Å². The summed E-state index contributed by atoms with van der Waals surface area (Å²) in [5.74, 6) is 0. The zero-order valence-electron chi connectivity index (χ0n) is 7.98. The fourth-order valence-corrected chi connectivity index (χ4v) is 1.46. The minimum atomic E-state index is -2.24. The molecule has 0 heterocycles. The highest BCUT2D eigenvalue weighted by atomic mass is 19.3. The quantitative estimate of drug-likeness (QED) is 0.664. The van der Waals surface area contributed by atoms with Crippen LogP contribution in [0.25, 0.3) is 0 Å². The maximum absolute atomic E-state index is 11.8. The first-order chi connectivity index (χ1) is 6.18. The van der Waals surface area contributed by atoms with Crippen molar-refractivity contribution < 1.29 is 13.5 Å². The summed E-state index contributed by atoms with van der Waals surface area (Å²) in [5, 5.41) is 2.79. The summed E-state index contributed by atoms with van der Waals surface area (Å²) in [5.41, 5.74) is 0.269. The molecule has 0 spiro atoms. The zero-order chi connectivity index (χ0) is 9.73. The molecule has 1 aliphatic carbocycles. The first kappa shape index (κ1) is 10.9. The molecule has 0 unspecified atom stereocenters. The molecule has 0 saturated heterocycles. The van der Waals surface area contributed by atoms with Crippen LogP contribution in [0.15, 0.2) is 0 Å². The van der Waals surface area contributed by atoms with Crippen LogP contribution in [0.4, 0.5) is 8.78 Å². The van der Waals surface area contributed by atoms with Crippen LogP contribution in [-0.4, -0.2) is 33.2 Å². The molecule has 0 aliphatic heterocycles. The van der Waals surface area contributed by atoms with Gasteiger partial charge >= 0.3 is 0 Å². The van der Waals surface area contributed by atoms with Crippen molar-refractivity contribution >= 4 is 0 Å². The van der Waals surface area contributed by atoms with E-state index in [4.69, 9.17) is 4.74 Å². The van der Waals surface area contributed by atoms with Gasteiger partial charge in [-0.15, -0.1) is 0 Å². The molecule has 0 radical (unpaired) electrons. The van der Waals surface area contributed by atoms with Crippen molar-refractivity contribution in [2.75, 3.05) is 26.8 Å². The lowest BCUT2D eigenvalue weighted by atomic mass is 10.0. The lowest BCUT2D eigenvalue weighted by Gasteiger charge is -2.14. The Balaban J connectivity index is 2.05. The smallest absolute Gasteiger partial charge is 0.250 e. The van der Waals surface area contributed by atoms with Crippen LogP contribution in [0, 0.1) is 5.41 Å². The molecule has 13 heavy (non-hydrogen) atoms. The molecular formula is C9H17F2NO. The number of alkyl halides is 2. The summed E-state index contributed by atoms with van der Waals surface area (Å²) in [6.07, 6.45) is 1.04. The predicted octanol–water partition coefficient (Wildman–Crippen LogP) is 1.66. The lowest BCUT2D eigenvalue weighted by molar-refractivity contribution is 0.138. The topological polar surface area (TPSA) is 21.3 Å². The normalized spacial score (nSPS) is 19.4. The third kappa shape index (κ3) is 4.00. The maximum Gasteiger partial charge on any atom is 0.250 e. The molecule has 4 heteroatoms. The van der Waals surface area contributed by atoms with Gasteiger partial charge in [0.05, 0.1) is 6.54 Å². The van der Waals surface area contributed by atoms with Crippen molar-refractivity contribution in [3.8, 4) is 0 Å². The van der Waals surface area contributed by atoms with Crippen molar-refractivity contribution in [2.45, 2.75) is 25.7 Å². The summed E-state index contributed by atoms with van der Waals surface area (Å²) in [6, 6.07) is 0. The van der Waals surface area contributed by atoms with E-state index in [1.807, 2.05) is 0 Å². The molecule has 0 aromatic carbocycles. The van der Waals surface area contributed by atoms with Crippen molar-refractivity contribution in [1.29, 1.82) is 0 Å². The van der Waals surface area contributed by atoms with E-state index in [-0.39, 0.29) is 12.0 Å². The molecule has 0 atom stereocenters. The number of halogens is 2. The van der Waals surface area contributed by atoms with Gasteiger partial charge in [0, 0.05) is 20.3 Å². The van der Waals surface area contributed by atoms with Crippen molar-refractivity contribution in [3.63, 3.8) is 0 Å². The van der Waals surface area contributed by atoms with Gasteiger partial charge in [-0.2, -0.15) is 0 Å². The second kappa shape index (κ2) is 4.86. The highest BCUT2D eigenvalue weighted by Gasteiger charge is 2.41. The van der Waals surface area contributed by atoms with Gasteiger partial charge in [0.15, 0.2) is 0 Å².